The number of aromatic amines is 1. The fourth-order valence-electron chi connectivity index (χ4n) is 4.45. The molecule has 1 aliphatic heterocycles. The first-order valence-electron chi connectivity index (χ1n) is 11.0. The average molecular weight is 469 g/mol. The number of ether oxygens (including phenoxy) is 2. The van der Waals surface area contributed by atoms with E-state index in [0.29, 0.717) is 28.6 Å². The number of hydrogen-bond donors (Lipinski definition) is 2. The molecule has 1 atom stereocenters. The maximum Gasteiger partial charge on any atom is 0.335 e. The third-order valence-electron chi connectivity index (χ3n) is 6.22. The number of hydrogen-bond acceptors (Lipinski definition) is 5. The molecular weight excluding hydrogens is 446 g/mol. The van der Waals surface area contributed by atoms with Crippen molar-refractivity contribution in [3.05, 3.63) is 94.7 Å². The summed E-state index contributed by atoms with van der Waals surface area (Å²) in [6.45, 7) is 2.01. The lowest BCUT2D eigenvalue weighted by molar-refractivity contribution is 0.0696. The lowest BCUT2D eigenvalue weighted by Crippen LogP contribution is -2.29. The molecule has 1 aliphatic rings. The highest BCUT2D eigenvalue weighted by Crippen LogP contribution is 2.47. The molecule has 5 rings (SSSR count). The summed E-state index contributed by atoms with van der Waals surface area (Å²) in [5, 5.41) is 16.7. The smallest absolute Gasteiger partial charge is 0.335 e. The molecule has 0 spiro atoms. The van der Waals surface area contributed by atoms with Crippen LogP contribution in [0, 0.1) is 6.92 Å². The number of benzene rings is 3. The number of nitrogens with one attached hydrogen (secondary N) is 1. The molecule has 35 heavy (non-hydrogen) atoms. The molecule has 0 aliphatic carbocycles. The molecule has 2 heterocycles. The Balaban J connectivity index is 1.72. The summed E-state index contributed by atoms with van der Waals surface area (Å²) in [6.07, 6.45) is 0. The normalized spacial score (nSPS) is 14.7. The number of aromatic nitrogens is 2. The zero-order valence-electron chi connectivity index (χ0n) is 19.4. The molecule has 8 heteroatoms. The van der Waals surface area contributed by atoms with Gasteiger partial charge in [-0.2, -0.15) is 5.10 Å². The van der Waals surface area contributed by atoms with Gasteiger partial charge >= 0.3 is 5.97 Å². The molecule has 0 unspecified atom stereocenters. The number of carboxylic acid groups (broad SMARTS) is 1. The van der Waals surface area contributed by atoms with E-state index in [-0.39, 0.29) is 11.5 Å². The van der Waals surface area contributed by atoms with Crippen molar-refractivity contribution in [2.24, 2.45) is 0 Å². The predicted molar refractivity (Wildman–Crippen MR) is 130 cm³/mol. The minimum atomic E-state index is -1.03. The molecule has 0 saturated carbocycles. The molecule has 2 N–H and O–H groups in total. The van der Waals surface area contributed by atoms with Gasteiger partial charge in [0.1, 0.15) is 17.2 Å². The quantitative estimate of drug-likeness (QED) is 0.418. The summed E-state index contributed by atoms with van der Waals surface area (Å²) in [5.74, 6) is -0.123. The van der Waals surface area contributed by atoms with E-state index in [1.165, 1.54) is 12.1 Å². The fraction of sp³-hybridized carbons (Fsp3) is 0.148. The highest BCUT2D eigenvalue weighted by atomic mass is 16.5. The van der Waals surface area contributed by atoms with Crippen molar-refractivity contribution in [2.75, 3.05) is 19.1 Å². The van der Waals surface area contributed by atoms with E-state index in [9.17, 15) is 14.7 Å². The number of nitrogens with zero attached hydrogens (tertiary/aromatic N) is 2. The Bertz CT molecular complexity index is 1420. The largest absolute Gasteiger partial charge is 0.497 e. The minimum Gasteiger partial charge on any atom is -0.497 e. The van der Waals surface area contributed by atoms with Crippen LogP contribution in [0.4, 0.5) is 5.69 Å². The van der Waals surface area contributed by atoms with E-state index in [2.05, 4.69) is 10.2 Å². The van der Waals surface area contributed by atoms with Crippen LogP contribution in [0.15, 0.2) is 66.7 Å². The number of carbonyl (C=O) groups excluding carboxylic acids is 1. The van der Waals surface area contributed by atoms with Gasteiger partial charge in [0, 0.05) is 28.4 Å². The van der Waals surface area contributed by atoms with E-state index in [1.807, 2.05) is 43.3 Å². The number of carbonyl (C=O) groups is 2. The second-order valence-corrected chi connectivity index (χ2v) is 8.26. The first kappa shape index (κ1) is 22.2. The number of aryl methyl sites for hydroxylation is 1. The van der Waals surface area contributed by atoms with Crippen LogP contribution in [-0.2, 0) is 0 Å². The number of rotatable bonds is 6. The molecular formula is C27H23N3O5. The van der Waals surface area contributed by atoms with E-state index in [4.69, 9.17) is 9.47 Å². The van der Waals surface area contributed by atoms with Crippen LogP contribution >= 0.6 is 0 Å². The van der Waals surface area contributed by atoms with Gasteiger partial charge < -0.3 is 14.6 Å². The molecule has 176 valence electrons. The van der Waals surface area contributed by atoms with Crippen LogP contribution in [0.5, 0.6) is 11.5 Å². The first-order chi connectivity index (χ1) is 16.9. The number of carboxylic acids is 1. The Morgan fingerprint density at radius 1 is 1.00 bits per heavy atom. The van der Waals surface area contributed by atoms with E-state index >= 15 is 0 Å². The van der Waals surface area contributed by atoms with Gasteiger partial charge in [0.2, 0.25) is 0 Å². The molecule has 1 amide bonds. The predicted octanol–water partition coefficient (Wildman–Crippen LogP) is 4.85. The van der Waals surface area contributed by atoms with Crippen molar-refractivity contribution in [1.82, 2.24) is 10.2 Å². The molecule has 8 nitrogen and oxygen atoms in total. The van der Waals surface area contributed by atoms with Gasteiger partial charge in [-0.25, -0.2) is 4.79 Å². The molecule has 0 bridgehead atoms. The zero-order valence-corrected chi connectivity index (χ0v) is 19.4. The summed E-state index contributed by atoms with van der Waals surface area (Å²) < 4.78 is 11.1. The number of H-pyrrole nitrogens is 1. The highest BCUT2D eigenvalue weighted by Gasteiger charge is 2.44. The summed E-state index contributed by atoms with van der Waals surface area (Å²) in [6, 6.07) is 19.1. The molecule has 0 saturated heterocycles. The second kappa shape index (κ2) is 8.64. The molecule has 0 radical (unpaired) electrons. The maximum atomic E-state index is 13.7. The van der Waals surface area contributed by atoms with Gasteiger partial charge in [0.05, 0.1) is 31.5 Å². The van der Waals surface area contributed by atoms with E-state index in [0.717, 1.165) is 22.3 Å². The molecule has 4 aromatic rings. The fourth-order valence-corrected chi connectivity index (χ4v) is 4.45. The van der Waals surface area contributed by atoms with Gasteiger partial charge in [-0.3, -0.25) is 14.8 Å². The second-order valence-electron chi connectivity index (χ2n) is 8.26. The number of aromatic carboxylic acids is 1. The van der Waals surface area contributed by atoms with Crippen LogP contribution in [0.3, 0.4) is 0 Å². The van der Waals surface area contributed by atoms with Crippen LogP contribution in [-0.4, -0.2) is 41.4 Å². The van der Waals surface area contributed by atoms with Crippen molar-refractivity contribution in [1.29, 1.82) is 0 Å². The maximum absolute atomic E-state index is 13.7. The molecule has 3 aromatic carbocycles. The van der Waals surface area contributed by atoms with Crippen LogP contribution in [0.25, 0.3) is 11.3 Å². The van der Waals surface area contributed by atoms with Crippen molar-refractivity contribution in [2.45, 2.75) is 13.0 Å². The van der Waals surface area contributed by atoms with E-state index < -0.39 is 12.0 Å². The number of amides is 1. The van der Waals surface area contributed by atoms with Crippen molar-refractivity contribution < 1.29 is 24.2 Å². The molecule has 0 fully saturated rings. The Kier molecular flexibility index (Phi) is 5.49. The first-order valence-corrected chi connectivity index (χ1v) is 11.0. The van der Waals surface area contributed by atoms with Crippen molar-refractivity contribution in [3.63, 3.8) is 0 Å². The third-order valence-corrected chi connectivity index (χ3v) is 6.22. The standard InChI is InChI=1S/C27H23N3O5/c1-15-4-6-16(7-5-15)23-22-24(29-28-23)26(31)30(18-10-8-17(9-11-18)27(32)33)25(22)20-13-12-19(34-2)14-21(20)35-3/h4-14,25H,1-3H3,(H,28,29)(H,32,33)/t25-/m0/s1. The molecule has 1 aromatic heterocycles. The zero-order chi connectivity index (χ0) is 24.7. The van der Waals surface area contributed by atoms with Gasteiger partial charge in [-0.1, -0.05) is 29.8 Å². The highest BCUT2D eigenvalue weighted by molar-refractivity contribution is 6.12. The van der Waals surface area contributed by atoms with Crippen molar-refractivity contribution in [3.8, 4) is 22.8 Å². The third kappa shape index (κ3) is 3.69. The Morgan fingerprint density at radius 2 is 1.71 bits per heavy atom. The summed E-state index contributed by atoms with van der Waals surface area (Å²) in [4.78, 5) is 26.7. The summed E-state index contributed by atoms with van der Waals surface area (Å²) in [7, 11) is 3.14. The lowest BCUT2D eigenvalue weighted by atomic mass is 9.94. The number of anilines is 1. The number of fused-ring (bicyclic) bond motifs is 1. The number of methoxy groups -OCH3 is 2. The monoisotopic (exact) mass is 469 g/mol. The topological polar surface area (TPSA) is 105 Å². The summed E-state index contributed by atoms with van der Waals surface area (Å²) in [5.41, 5.74) is 5.21. The van der Waals surface area contributed by atoms with Gasteiger partial charge in [-0.15, -0.1) is 0 Å². The minimum absolute atomic E-state index is 0.138. The van der Waals surface area contributed by atoms with E-state index in [1.54, 1.807) is 37.3 Å². The average Bonchev–Trinajstić information content (AvgIpc) is 3.43. The van der Waals surface area contributed by atoms with Gasteiger partial charge in [0.25, 0.3) is 5.91 Å². The van der Waals surface area contributed by atoms with Crippen LogP contribution in [0.2, 0.25) is 0 Å². The Morgan fingerprint density at radius 3 is 2.34 bits per heavy atom. The summed E-state index contributed by atoms with van der Waals surface area (Å²) >= 11 is 0. The van der Waals surface area contributed by atoms with Crippen LogP contribution < -0.4 is 14.4 Å². The van der Waals surface area contributed by atoms with Gasteiger partial charge in [-0.05, 0) is 43.3 Å². The Labute approximate surface area is 201 Å². The SMILES string of the molecule is COc1ccc([C@H]2c3c(-c4ccc(C)cc4)n[nH]c3C(=O)N2c2ccc(C(=O)O)cc2)c(OC)c1. The Hall–Kier alpha value is -4.59. The van der Waals surface area contributed by atoms with Gasteiger partial charge in [0.15, 0.2) is 0 Å². The van der Waals surface area contributed by atoms with Crippen LogP contribution in [0.1, 0.15) is 43.6 Å². The lowest BCUT2D eigenvalue weighted by Gasteiger charge is -2.28. The van der Waals surface area contributed by atoms with Crippen molar-refractivity contribution >= 4 is 17.6 Å².